The highest BCUT2D eigenvalue weighted by Crippen LogP contribution is 2.31. The van der Waals surface area contributed by atoms with Crippen LogP contribution < -0.4 is 5.32 Å². The molecule has 1 atom stereocenters. The molecular weight excluding hydrogens is 302 g/mol. The third kappa shape index (κ3) is 2.57. The van der Waals surface area contributed by atoms with Crippen LogP contribution in [0.1, 0.15) is 22.9 Å². The van der Waals surface area contributed by atoms with Crippen LogP contribution in [0, 0.1) is 6.92 Å². The number of benzene rings is 1. The van der Waals surface area contributed by atoms with Crippen LogP contribution in [0.4, 0.5) is 0 Å². The Morgan fingerprint density at radius 1 is 1.35 bits per heavy atom. The topological polar surface area (TPSA) is 25.2 Å². The minimum atomic E-state index is -0.00234. The molecule has 0 aliphatic heterocycles. The van der Waals surface area contributed by atoms with E-state index in [0.29, 0.717) is 0 Å². The summed E-state index contributed by atoms with van der Waals surface area (Å²) in [6.45, 7) is 1.99. The Labute approximate surface area is 114 Å². The second kappa shape index (κ2) is 5.25. The van der Waals surface area contributed by atoms with E-state index in [0.717, 1.165) is 26.4 Å². The van der Waals surface area contributed by atoms with Crippen molar-refractivity contribution in [3.63, 3.8) is 0 Å². The molecule has 2 rings (SSSR count). The summed E-state index contributed by atoms with van der Waals surface area (Å²) in [6, 6.07) is 7.91. The Balaban J connectivity index is 2.42. The van der Waals surface area contributed by atoms with Crippen molar-refractivity contribution < 1.29 is 4.42 Å². The first-order chi connectivity index (χ1) is 8.13. The molecule has 0 spiro atoms. The van der Waals surface area contributed by atoms with Crippen LogP contribution in [-0.4, -0.2) is 7.05 Å². The Bertz CT molecular complexity index is 524. The van der Waals surface area contributed by atoms with Gasteiger partial charge >= 0.3 is 0 Å². The predicted octanol–water partition coefficient (Wildman–Crippen LogP) is 4.31. The maximum Gasteiger partial charge on any atom is 0.139 e. The van der Waals surface area contributed by atoms with E-state index in [1.54, 1.807) is 6.26 Å². The zero-order valence-corrected chi connectivity index (χ0v) is 12.0. The molecule has 0 amide bonds. The van der Waals surface area contributed by atoms with E-state index in [9.17, 15) is 0 Å². The molecule has 1 aromatic heterocycles. The van der Waals surface area contributed by atoms with Crippen molar-refractivity contribution in [2.24, 2.45) is 0 Å². The molecule has 0 aliphatic rings. The summed E-state index contributed by atoms with van der Waals surface area (Å²) in [5, 5.41) is 3.99. The molecule has 0 fully saturated rings. The van der Waals surface area contributed by atoms with E-state index >= 15 is 0 Å². The molecule has 4 heteroatoms. The Kier molecular flexibility index (Phi) is 3.92. The second-order valence-electron chi connectivity index (χ2n) is 3.86. The van der Waals surface area contributed by atoms with Gasteiger partial charge in [0.2, 0.25) is 0 Å². The number of halogens is 2. The molecule has 0 aliphatic carbocycles. The van der Waals surface area contributed by atoms with Crippen LogP contribution in [0.3, 0.4) is 0 Å². The lowest BCUT2D eigenvalue weighted by Gasteiger charge is -2.15. The van der Waals surface area contributed by atoms with Gasteiger partial charge in [0.15, 0.2) is 0 Å². The van der Waals surface area contributed by atoms with Crippen molar-refractivity contribution in [1.82, 2.24) is 5.32 Å². The smallest absolute Gasteiger partial charge is 0.139 e. The summed E-state index contributed by atoms with van der Waals surface area (Å²) in [7, 11) is 1.90. The first-order valence-corrected chi connectivity index (χ1v) is 6.46. The number of furan rings is 1. The SMILES string of the molecule is CNC(c1ccc(C)c(Cl)c1)c1occc1Br. The summed E-state index contributed by atoms with van der Waals surface area (Å²) in [4.78, 5) is 0. The van der Waals surface area contributed by atoms with Gasteiger partial charge in [-0.1, -0.05) is 23.7 Å². The number of rotatable bonds is 3. The first-order valence-electron chi connectivity index (χ1n) is 5.29. The van der Waals surface area contributed by atoms with Crippen molar-refractivity contribution in [2.45, 2.75) is 13.0 Å². The molecule has 0 saturated heterocycles. The normalized spacial score (nSPS) is 12.7. The minimum absolute atomic E-state index is 0.00234. The number of nitrogens with one attached hydrogen (secondary N) is 1. The summed E-state index contributed by atoms with van der Waals surface area (Å²) in [5.74, 6) is 0.854. The van der Waals surface area contributed by atoms with Crippen molar-refractivity contribution in [3.8, 4) is 0 Å². The van der Waals surface area contributed by atoms with Gasteiger partial charge < -0.3 is 9.73 Å². The van der Waals surface area contributed by atoms with Gasteiger partial charge in [-0.15, -0.1) is 0 Å². The average molecular weight is 315 g/mol. The van der Waals surface area contributed by atoms with E-state index in [-0.39, 0.29) is 6.04 Å². The fraction of sp³-hybridized carbons (Fsp3) is 0.231. The standard InChI is InChI=1S/C13H13BrClNO/c1-8-3-4-9(7-11(8)15)12(16-2)13-10(14)5-6-17-13/h3-7,12,16H,1-2H3. The molecular formula is C13H13BrClNO. The van der Waals surface area contributed by atoms with E-state index in [1.165, 1.54) is 0 Å². The lowest BCUT2D eigenvalue weighted by Crippen LogP contribution is -2.17. The average Bonchev–Trinajstić information content (AvgIpc) is 2.71. The van der Waals surface area contributed by atoms with Crippen LogP contribution >= 0.6 is 27.5 Å². The summed E-state index contributed by atoms with van der Waals surface area (Å²) in [6.07, 6.45) is 1.67. The van der Waals surface area contributed by atoms with E-state index in [2.05, 4.69) is 27.3 Å². The van der Waals surface area contributed by atoms with Gasteiger partial charge in [-0.25, -0.2) is 0 Å². The zero-order valence-electron chi connectivity index (χ0n) is 9.63. The quantitative estimate of drug-likeness (QED) is 0.913. The van der Waals surface area contributed by atoms with Crippen LogP contribution in [-0.2, 0) is 0 Å². The highest BCUT2D eigenvalue weighted by atomic mass is 79.9. The van der Waals surface area contributed by atoms with Gasteiger partial charge in [-0.05, 0) is 53.2 Å². The van der Waals surface area contributed by atoms with Crippen molar-refractivity contribution >= 4 is 27.5 Å². The molecule has 2 aromatic rings. The Morgan fingerprint density at radius 3 is 2.65 bits per heavy atom. The molecule has 1 heterocycles. The van der Waals surface area contributed by atoms with Crippen LogP contribution in [0.25, 0.3) is 0 Å². The van der Waals surface area contributed by atoms with Crippen LogP contribution in [0.5, 0.6) is 0 Å². The van der Waals surface area contributed by atoms with Gasteiger partial charge in [0, 0.05) is 5.02 Å². The second-order valence-corrected chi connectivity index (χ2v) is 5.12. The lowest BCUT2D eigenvalue weighted by atomic mass is 10.0. The number of hydrogen-bond donors (Lipinski definition) is 1. The molecule has 1 N–H and O–H groups in total. The number of aryl methyl sites for hydroxylation is 1. The van der Waals surface area contributed by atoms with Gasteiger partial charge in [0.25, 0.3) is 0 Å². The zero-order chi connectivity index (χ0) is 12.4. The highest BCUT2D eigenvalue weighted by Gasteiger charge is 2.18. The van der Waals surface area contributed by atoms with Crippen molar-refractivity contribution in [2.75, 3.05) is 7.05 Å². The Morgan fingerprint density at radius 2 is 2.12 bits per heavy atom. The Hall–Kier alpha value is -0.770. The molecule has 0 bridgehead atoms. The predicted molar refractivity (Wildman–Crippen MR) is 73.5 cm³/mol. The molecule has 0 saturated carbocycles. The van der Waals surface area contributed by atoms with Gasteiger partial charge in [-0.3, -0.25) is 0 Å². The van der Waals surface area contributed by atoms with E-state index < -0.39 is 0 Å². The lowest BCUT2D eigenvalue weighted by molar-refractivity contribution is 0.461. The molecule has 17 heavy (non-hydrogen) atoms. The highest BCUT2D eigenvalue weighted by molar-refractivity contribution is 9.10. The van der Waals surface area contributed by atoms with Crippen LogP contribution in [0.15, 0.2) is 39.4 Å². The maximum atomic E-state index is 6.15. The van der Waals surface area contributed by atoms with Gasteiger partial charge in [0.1, 0.15) is 5.76 Å². The molecule has 2 nitrogen and oxygen atoms in total. The summed E-state index contributed by atoms with van der Waals surface area (Å²) >= 11 is 9.62. The fourth-order valence-electron chi connectivity index (χ4n) is 1.75. The fourth-order valence-corrected chi connectivity index (χ4v) is 2.37. The van der Waals surface area contributed by atoms with Crippen molar-refractivity contribution in [1.29, 1.82) is 0 Å². The molecule has 1 unspecified atom stereocenters. The van der Waals surface area contributed by atoms with Gasteiger partial charge in [0.05, 0.1) is 16.8 Å². The minimum Gasteiger partial charge on any atom is -0.466 e. The maximum absolute atomic E-state index is 6.15. The molecule has 1 aromatic carbocycles. The van der Waals surface area contributed by atoms with E-state index in [4.69, 9.17) is 16.0 Å². The third-order valence-electron chi connectivity index (χ3n) is 2.72. The monoisotopic (exact) mass is 313 g/mol. The summed E-state index contributed by atoms with van der Waals surface area (Å²) < 4.78 is 6.44. The third-order valence-corrected chi connectivity index (χ3v) is 3.79. The molecule has 0 radical (unpaired) electrons. The largest absolute Gasteiger partial charge is 0.466 e. The van der Waals surface area contributed by atoms with Crippen molar-refractivity contribution in [3.05, 3.63) is 56.9 Å². The van der Waals surface area contributed by atoms with E-state index in [1.807, 2.05) is 32.2 Å². The van der Waals surface area contributed by atoms with Gasteiger partial charge in [-0.2, -0.15) is 0 Å². The summed E-state index contributed by atoms with van der Waals surface area (Å²) in [5.41, 5.74) is 2.16. The van der Waals surface area contributed by atoms with Crippen LogP contribution in [0.2, 0.25) is 5.02 Å². The molecule has 90 valence electrons. The first kappa shape index (κ1) is 12.7. The number of hydrogen-bond acceptors (Lipinski definition) is 2.